The second-order valence-electron chi connectivity index (χ2n) is 6.12. The number of aromatic nitrogens is 1. The number of H-pyrrole nitrogens is 1. The van der Waals surface area contributed by atoms with Crippen LogP contribution in [0, 0.1) is 19.7 Å². The van der Waals surface area contributed by atoms with E-state index in [1.807, 2.05) is 26.0 Å². The fourth-order valence-corrected chi connectivity index (χ4v) is 3.04. The van der Waals surface area contributed by atoms with Gasteiger partial charge >= 0.3 is 0 Å². The summed E-state index contributed by atoms with van der Waals surface area (Å²) in [6, 6.07) is 6.91. The first-order valence-electron chi connectivity index (χ1n) is 7.96. The number of benzene rings is 1. The largest absolute Gasteiger partial charge is 0.367 e. The Bertz CT molecular complexity index is 748. The van der Waals surface area contributed by atoms with Gasteiger partial charge in [0.05, 0.1) is 5.69 Å². The van der Waals surface area contributed by atoms with E-state index in [1.165, 1.54) is 6.07 Å². The Morgan fingerprint density at radius 2 is 1.83 bits per heavy atom. The number of halogens is 1. The Kier molecular flexibility index (Phi) is 4.48. The van der Waals surface area contributed by atoms with Gasteiger partial charge in [-0.25, -0.2) is 4.39 Å². The van der Waals surface area contributed by atoms with Crippen molar-refractivity contribution >= 4 is 5.69 Å². The topological polar surface area (TPSA) is 39.3 Å². The Balaban J connectivity index is 1.65. The average molecular weight is 315 g/mol. The molecule has 1 aromatic carbocycles. The van der Waals surface area contributed by atoms with Crippen LogP contribution < -0.4 is 10.3 Å². The second kappa shape index (κ2) is 6.54. The van der Waals surface area contributed by atoms with E-state index in [2.05, 4.69) is 14.8 Å². The summed E-state index contributed by atoms with van der Waals surface area (Å²) in [6.07, 6.45) is 1.78. The minimum absolute atomic E-state index is 0.115. The molecule has 4 nitrogen and oxygen atoms in total. The summed E-state index contributed by atoms with van der Waals surface area (Å²) in [4.78, 5) is 19.6. The van der Waals surface area contributed by atoms with Gasteiger partial charge < -0.3 is 9.88 Å². The molecule has 1 saturated heterocycles. The minimum atomic E-state index is -0.167. The quantitative estimate of drug-likeness (QED) is 0.946. The molecule has 3 rings (SSSR count). The molecule has 23 heavy (non-hydrogen) atoms. The van der Waals surface area contributed by atoms with E-state index < -0.39 is 0 Å². The summed E-state index contributed by atoms with van der Waals surface area (Å²) < 4.78 is 13.9. The highest BCUT2D eigenvalue weighted by Gasteiger charge is 2.20. The molecule has 0 atom stereocenters. The number of rotatable bonds is 3. The molecule has 0 amide bonds. The maximum atomic E-state index is 13.9. The molecule has 1 N–H and O–H groups in total. The molecule has 1 aromatic heterocycles. The van der Waals surface area contributed by atoms with Crippen LogP contribution in [0.5, 0.6) is 0 Å². The maximum absolute atomic E-state index is 13.9. The summed E-state index contributed by atoms with van der Waals surface area (Å²) in [5, 5.41) is 0. The van der Waals surface area contributed by atoms with Crippen molar-refractivity contribution in [2.24, 2.45) is 0 Å². The van der Waals surface area contributed by atoms with Crippen molar-refractivity contribution in [1.82, 2.24) is 9.88 Å². The van der Waals surface area contributed by atoms with Crippen LogP contribution in [0.1, 0.15) is 16.8 Å². The fourth-order valence-electron chi connectivity index (χ4n) is 3.04. The van der Waals surface area contributed by atoms with Crippen LogP contribution in [-0.4, -0.2) is 36.1 Å². The normalized spacial score (nSPS) is 15.9. The number of nitrogens with zero attached hydrogens (tertiary/aromatic N) is 2. The predicted molar refractivity (Wildman–Crippen MR) is 90.4 cm³/mol. The molecule has 0 bridgehead atoms. The summed E-state index contributed by atoms with van der Waals surface area (Å²) in [6.45, 7) is 7.70. The van der Waals surface area contributed by atoms with Crippen LogP contribution in [0.2, 0.25) is 0 Å². The number of para-hydroxylation sites is 1. The molecule has 1 aliphatic heterocycles. The van der Waals surface area contributed by atoms with Gasteiger partial charge in [-0.2, -0.15) is 0 Å². The molecule has 2 heterocycles. The Morgan fingerprint density at radius 3 is 2.52 bits per heavy atom. The average Bonchev–Trinajstić information content (AvgIpc) is 2.57. The van der Waals surface area contributed by atoms with E-state index in [0.29, 0.717) is 5.69 Å². The van der Waals surface area contributed by atoms with E-state index >= 15 is 0 Å². The first-order chi connectivity index (χ1) is 11.1. The molecule has 0 spiro atoms. The standard InChI is InChI=1S/C18H22FN3O/c1-13-11-20-16(14(2)18(13)23)12-21-7-9-22(10-8-21)17-6-4-3-5-15(17)19/h3-6,11H,7-10,12H2,1-2H3,(H,20,23). The predicted octanol–water partition coefficient (Wildman–Crippen LogP) is 2.45. The van der Waals surface area contributed by atoms with E-state index in [-0.39, 0.29) is 11.2 Å². The lowest BCUT2D eigenvalue weighted by Gasteiger charge is -2.36. The minimum Gasteiger partial charge on any atom is -0.367 e. The van der Waals surface area contributed by atoms with E-state index in [9.17, 15) is 9.18 Å². The van der Waals surface area contributed by atoms with E-state index in [4.69, 9.17) is 0 Å². The summed E-state index contributed by atoms with van der Waals surface area (Å²) in [7, 11) is 0. The second-order valence-corrected chi connectivity index (χ2v) is 6.12. The zero-order valence-corrected chi connectivity index (χ0v) is 13.6. The summed E-state index contributed by atoms with van der Waals surface area (Å²) in [5.41, 5.74) is 3.30. The van der Waals surface area contributed by atoms with Gasteiger partial charge in [0.25, 0.3) is 0 Å². The van der Waals surface area contributed by atoms with Crippen molar-refractivity contribution in [2.75, 3.05) is 31.1 Å². The third-order valence-electron chi connectivity index (χ3n) is 4.56. The van der Waals surface area contributed by atoms with Crippen molar-refractivity contribution in [3.63, 3.8) is 0 Å². The van der Waals surface area contributed by atoms with Crippen molar-refractivity contribution in [3.05, 3.63) is 63.3 Å². The highest BCUT2D eigenvalue weighted by molar-refractivity contribution is 5.48. The summed E-state index contributed by atoms with van der Waals surface area (Å²) >= 11 is 0. The number of piperazine rings is 1. The van der Waals surface area contributed by atoms with Gasteiger partial charge in [-0.3, -0.25) is 9.69 Å². The highest BCUT2D eigenvalue weighted by Crippen LogP contribution is 2.20. The highest BCUT2D eigenvalue weighted by atomic mass is 19.1. The van der Waals surface area contributed by atoms with Gasteiger partial charge in [0.2, 0.25) is 0 Å². The number of pyridine rings is 1. The number of aryl methyl sites for hydroxylation is 1. The molecule has 0 aliphatic carbocycles. The van der Waals surface area contributed by atoms with Gasteiger partial charge in [-0.15, -0.1) is 0 Å². The van der Waals surface area contributed by atoms with Gasteiger partial charge in [0.1, 0.15) is 5.82 Å². The van der Waals surface area contributed by atoms with Crippen LogP contribution in [-0.2, 0) is 6.54 Å². The SMILES string of the molecule is Cc1c[nH]c(CN2CCN(c3ccccc3F)CC2)c(C)c1=O. The molecule has 0 unspecified atom stereocenters. The third-order valence-corrected chi connectivity index (χ3v) is 4.56. The first-order valence-corrected chi connectivity index (χ1v) is 7.96. The molecule has 0 saturated carbocycles. The Hall–Kier alpha value is -2.14. The van der Waals surface area contributed by atoms with Crippen molar-refractivity contribution in [1.29, 1.82) is 0 Å². The molecule has 1 fully saturated rings. The van der Waals surface area contributed by atoms with Crippen molar-refractivity contribution in [2.45, 2.75) is 20.4 Å². The lowest BCUT2D eigenvalue weighted by molar-refractivity contribution is 0.246. The fraction of sp³-hybridized carbons (Fsp3) is 0.389. The Labute approximate surface area is 135 Å². The monoisotopic (exact) mass is 315 g/mol. The van der Waals surface area contributed by atoms with Gasteiger partial charge in [-0.1, -0.05) is 12.1 Å². The number of hydrogen-bond donors (Lipinski definition) is 1. The zero-order chi connectivity index (χ0) is 16.4. The molecular weight excluding hydrogens is 293 g/mol. The third kappa shape index (κ3) is 3.29. The Morgan fingerprint density at radius 1 is 1.13 bits per heavy atom. The number of hydrogen-bond acceptors (Lipinski definition) is 3. The lowest BCUT2D eigenvalue weighted by atomic mass is 10.1. The van der Waals surface area contributed by atoms with Crippen LogP contribution in [0.3, 0.4) is 0 Å². The number of nitrogens with one attached hydrogen (secondary N) is 1. The maximum Gasteiger partial charge on any atom is 0.187 e. The molecule has 1 aliphatic rings. The van der Waals surface area contributed by atoms with E-state index in [1.54, 1.807) is 12.3 Å². The van der Waals surface area contributed by atoms with Crippen LogP contribution in [0.15, 0.2) is 35.3 Å². The van der Waals surface area contributed by atoms with E-state index in [0.717, 1.165) is 49.5 Å². The number of aromatic amines is 1. The van der Waals surface area contributed by atoms with Gasteiger partial charge in [0.15, 0.2) is 5.43 Å². The van der Waals surface area contributed by atoms with Crippen LogP contribution in [0.4, 0.5) is 10.1 Å². The van der Waals surface area contributed by atoms with Crippen LogP contribution >= 0.6 is 0 Å². The number of anilines is 1. The van der Waals surface area contributed by atoms with Crippen molar-refractivity contribution in [3.8, 4) is 0 Å². The lowest BCUT2D eigenvalue weighted by Crippen LogP contribution is -2.46. The van der Waals surface area contributed by atoms with Gasteiger partial charge in [-0.05, 0) is 26.0 Å². The first kappa shape index (κ1) is 15.7. The summed E-state index contributed by atoms with van der Waals surface area (Å²) in [5.74, 6) is -0.167. The van der Waals surface area contributed by atoms with Crippen LogP contribution in [0.25, 0.3) is 0 Å². The molecule has 122 valence electrons. The smallest absolute Gasteiger partial charge is 0.187 e. The van der Waals surface area contributed by atoms with Gasteiger partial charge in [0, 0.05) is 55.7 Å². The zero-order valence-electron chi connectivity index (χ0n) is 13.6. The molecule has 2 aromatic rings. The molecule has 5 heteroatoms. The van der Waals surface area contributed by atoms with Crippen molar-refractivity contribution < 1.29 is 4.39 Å². The molecular formula is C18H22FN3O. The molecule has 0 radical (unpaired) electrons.